The Hall–Kier alpha value is -2.45. The number of alkyl halides is 1. The van der Waals surface area contributed by atoms with Gasteiger partial charge in [0.2, 0.25) is 0 Å². The maximum absolute atomic E-state index is 5.07. The largest absolute Gasteiger partial charge is 0.247 e. The second-order valence-electron chi connectivity index (χ2n) is 6.19. The number of halogens is 1. The lowest BCUT2D eigenvalue weighted by Crippen LogP contribution is -1.96. The van der Waals surface area contributed by atoms with Crippen LogP contribution in [0.25, 0.3) is 33.3 Å². The van der Waals surface area contributed by atoms with Crippen molar-refractivity contribution in [1.29, 1.82) is 0 Å². The van der Waals surface area contributed by atoms with Gasteiger partial charge in [0, 0.05) is 16.3 Å². The molecule has 25 heavy (non-hydrogen) atoms. The van der Waals surface area contributed by atoms with Crippen LogP contribution in [0.2, 0.25) is 0 Å². The van der Waals surface area contributed by atoms with E-state index in [2.05, 4.69) is 95.7 Å². The number of benzene rings is 3. The fraction of sp³-hybridized carbons (Fsp3) is 0.0870. The molecule has 4 rings (SSSR count). The first-order valence-electron chi connectivity index (χ1n) is 8.38. The second kappa shape index (κ2) is 6.81. The Kier molecular flexibility index (Phi) is 4.37. The normalized spacial score (nSPS) is 11.0. The number of aryl methyl sites for hydroxylation is 1. The summed E-state index contributed by atoms with van der Waals surface area (Å²) in [6.45, 7) is 2.12. The number of fused-ring (bicyclic) bond motifs is 1. The van der Waals surface area contributed by atoms with E-state index in [1.807, 2.05) is 6.07 Å². The lowest BCUT2D eigenvalue weighted by Gasteiger charge is -2.14. The van der Waals surface area contributed by atoms with E-state index in [4.69, 9.17) is 4.98 Å². The number of nitrogens with zero attached hydrogens (tertiary/aromatic N) is 1. The fourth-order valence-corrected chi connectivity index (χ4v) is 3.71. The van der Waals surface area contributed by atoms with Crippen molar-refractivity contribution in [3.63, 3.8) is 0 Å². The minimum absolute atomic E-state index is 0.780. The summed E-state index contributed by atoms with van der Waals surface area (Å²) in [5.74, 6) is 0. The molecule has 3 aromatic carbocycles. The highest BCUT2D eigenvalue weighted by Gasteiger charge is 2.14. The molecule has 1 aromatic heterocycles. The van der Waals surface area contributed by atoms with Crippen LogP contribution in [-0.4, -0.2) is 4.98 Å². The third-order valence-corrected chi connectivity index (χ3v) is 5.14. The SMILES string of the molecule is Cc1cccc2cc(CBr)c(-c3ccccc3-c3ccccc3)nc12. The molecule has 0 aliphatic carbocycles. The summed E-state index contributed by atoms with van der Waals surface area (Å²) in [5, 5.41) is 1.97. The molecule has 0 N–H and O–H groups in total. The molecule has 122 valence electrons. The molecule has 4 aromatic rings. The Morgan fingerprint density at radius 3 is 2.28 bits per heavy atom. The van der Waals surface area contributed by atoms with Crippen LogP contribution in [0.4, 0.5) is 0 Å². The van der Waals surface area contributed by atoms with E-state index in [0.717, 1.165) is 16.5 Å². The summed E-state index contributed by atoms with van der Waals surface area (Å²) in [6.07, 6.45) is 0. The summed E-state index contributed by atoms with van der Waals surface area (Å²) in [5.41, 5.74) is 8.14. The molecule has 0 fully saturated rings. The summed E-state index contributed by atoms with van der Waals surface area (Å²) >= 11 is 3.65. The summed E-state index contributed by atoms with van der Waals surface area (Å²) in [6, 6.07) is 27.6. The van der Waals surface area contributed by atoms with Crippen LogP contribution in [0.3, 0.4) is 0 Å². The molecule has 0 amide bonds. The maximum atomic E-state index is 5.07. The average molecular weight is 388 g/mol. The zero-order chi connectivity index (χ0) is 17.2. The van der Waals surface area contributed by atoms with Gasteiger partial charge >= 0.3 is 0 Å². The third kappa shape index (κ3) is 2.98. The Labute approximate surface area is 156 Å². The highest BCUT2D eigenvalue weighted by molar-refractivity contribution is 9.08. The first-order chi connectivity index (χ1) is 12.3. The molecule has 0 atom stereocenters. The van der Waals surface area contributed by atoms with Crippen LogP contribution >= 0.6 is 15.9 Å². The maximum Gasteiger partial charge on any atom is 0.0756 e. The molecular formula is C23H18BrN. The molecular weight excluding hydrogens is 370 g/mol. The molecule has 1 nitrogen and oxygen atoms in total. The number of aromatic nitrogens is 1. The summed E-state index contributed by atoms with van der Waals surface area (Å²) in [4.78, 5) is 5.07. The first kappa shape index (κ1) is 16.0. The van der Waals surface area contributed by atoms with Crippen molar-refractivity contribution in [2.75, 3.05) is 0 Å². The lowest BCUT2D eigenvalue weighted by atomic mass is 9.94. The highest BCUT2D eigenvalue weighted by Crippen LogP contribution is 2.35. The van der Waals surface area contributed by atoms with Gasteiger partial charge in [0.1, 0.15) is 0 Å². The van der Waals surface area contributed by atoms with Crippen molar-refractivity contribution in [2.24, 2.45) is 0 Å². The van der Waals surface area contributed by atoms with Gasteiger partial charge in [-0.3, -0.25) is 0 Å². The summed E-state index contributed by atoms with van der Waals surface area (Å²) < 4.78 is 0. The van der Waals surface area contributed by atoms with Crippen molar-refractivity contribution in [3.05, 3.63) is 90.0 Å². The molecule has 0 saturated carbocycles. The molecule has 1 heterocycles. The standard InChI is InChI=1S/C23H18BrN/c1-16-8-7-11-18-14-19(15-24)23(25-22(16)18)21-13-6-5-12-20(21)17-9-3-2-4-10-17/h2-14H,15H2,1H3. The molecule has 0 saturated heterocycles. The Balaban J connectivity index is 2.01. The molecule has 0 aliphatic heterocycles. The Morgan fingerprint density at radius 1 is 0.800 bits per heavy atom. The first-order valence-corrected chi connectivity index (χ1v) is 9.50. The second-order valence-corrected chi connectivity index (χ2v) is 6.75. The fourth-order valence-electron chi connectivity index (χ4n) is 3.28. The van der Waals surface area contributed by atoms with Crippen LogP contribution in [0.5, 0.6) is 0 Å². The van der Waals surface area contributed by atoms with Crippen molar-refractivity contribution in [2.45, 2.75) is 12.3 Å². The number of pyridine rings is 1. The predicted molar refractivity (Wildman–Crippen MR) is 110 cm³/mol. The van der Waals surface area contributed by atoms with Gasteiger partial charge in [-0.1, -0.05) is 88.7 Å². The summed E-state index contributed by atoms with van der Waals surface area (Å²) in [7, 11) is 0. The average Bonchev–Trinajstić information content (AvgIpc) is 2.68. The molecule has 0 bridgehead atoms. The van der Waals surface area contributed by atoms with E-state index in [1.54, 1.807) is 0 Å². The third-order valence-electron chi connectivity index (χ3n) is 4.54. The van der Waals surface area contributed by atoms with Gasteiger partial charge in [-0.2, -0.15) is 0 Å². The molecule has 0 unspecified atom stereocenters. The van der Waals surface area contributed by atoms with Gasteiger partial charge in [0.05, 0.1) is 11.2 Å². The van der Waals surface area contributed by atoms with E-state index >= 15 is 0 Å². The Morgan fingerprint density at radius 2 is 1.52 bits per heavy atom. The monoisotopic (exact) mass is 387 g/mol. The Bertz CT molecular complexity index is 1040. The molecule has 0 spiro atoms. The van der Waals surface area contributed by atoms with Crippen LogP contribution in [-0.2, 0) is 5.33 Å². The van der Waals surface area contributed by atoms with Gasteiger partial charge in [-0.15, -0.1) is 0 Å². The number of hydrogen-bond donors (Lipinski definition) is 0. The van der Waals surface area contributed by atoms with Crippen molar-refractivity contribution in [1.82, 2.24) is 4.98 Å². The van der Waals surface area contributed by atoms with Crippen LogP contribution in [0.1, 0.15) is 11.1 Å². The van der Waals surface area contributed by atoms with Crippen LogP contribution in [0.15, 0.2) is 78.9 Å². The lowest BCUT2D eigenvalue weighted by molar-refractivity contribution is 1.30. The number of rotatable bonds is 3. The van der Waals surface area contributed by atoms with Gasteiger partial charge in [-0.25, -0.2) is 4.98 Å². The van der Waals surface area contributed by atoms with Crippen molar-refractivity contribution in [3.8, 4) is 22.4 Å². The van der Waals surface area contributed by atoms with Crippen molar-refractivity contribution >= 4 is 26.8 Å². The number of hydrogen-bond acceptors (Lipinski definition) is 1. The van der Waals surface area contributed by atoms with Crippen LogP contribution < -0.4 is 0 Å². The highest BCUT2D eigenvalue weighted by atomic mass is 79.9. The topological polar surface area (TPSA) is 12.9 Å². The van der Waals surface area contributed by atoms with E-state index in [0.29, 0.717) is 0 Å². The van der Waals surface area contributed by atoms with Gasteiger partial charge in [-0.05, 0) is 35.2 Å². The van der Waals surface area contributed by atoms with Crippen molar-refractivity contribution < 1.29 is 0 Å². The molecule has 0 radical (unpaired) electrons. The van der Waals surface area contributed by atoms with E-state index < -0.39 is 0 Å². The number of para-hydroxylation sites is 1. The van der Waals surface area contributed by atoms with Crippen LogP contribution in [0, 0.1) is 6.92 Å². The minimum Gasteiger partial charge on any atom is -0.247 e. The van der Waals surface area contributed by atoms with Gasteiger partial charge in [0.15, 0.2) is 0 Å². The van der Waals surface area contributed by atoms with E-state index in [1.165, 1.54) is 33.2 Å². The molecule has 0 aliphatic rings. The van der Waals surface area contributed by atoms with E-state index in [-0.39, 0.29) is 0 Å². The zero-order valence-electron chi connectivity index (χ0n) is 14.0. The minimum atomic E-state index is 0.780. The zero-order valence-corrected chi connectivity index (χ0v) is 15.6. The predicted octanol–water partition coefficient (Wildman–Crippen LogP) is 6.77. The van der Waals surface area contributed by atoms with Gasteiger partial charge < -0.3 is 0 Å². The van der Waals surface area contributed by atoms with Gasteiger partial charge in [0.25, 0.3) is 0 Å². The smallest absolute Gasteiger partial charge is 0.0756 e. The quantitative estimate of drug-likeness (QED) is 0.353. The molecule has 2 heteroatoms. The van der Waals surface area contributed by atoms with E-state index in [9.17, 15) is 0 Å².